The number of rotatable bonds is 2. The molecule has 1 aliphatic carbocycles. The average molecular weight is 654 g/mol. The molecule has 254 valence electrons. The second kappa shape index (κ2) is 15.1. The highest BCUT2D eigenvalue weighted by atomic mass is 32.2. The number of hydrogen-bond acceptors (Lipinski definition) is 10. The van der Waals surface area contributed by atoms with Crippen molar-refractivity contribution in [2.75, 3.05) is 46.7 Å². The molecule has 45 heavy (non-hydrogen) atoms. The molecule has 13 heteroatoms. The van der Waals surface area contributed by atoms with E-state index >= 15 is 0 Å². The van der Waals surface area contributed by atoms with Crippen molar-refractivity contribution < 1.29 is 42.1 Å². The summed E-state index contributed by atoms with van der Waals surface area (Å²) in [5.41, 5.74) is 1.47. The molecule has 6 atom stereocenters. The summed E-state index contributed by atoms with van der Waals surface area (Å²) < 4.78 is 29.4. The topological polar surface area (TPSA) is 136 Å². The van der Waals surface area contributed by atoms with E-state index in [4.69, 9.17) is 22.6 Å². The smallest absolute Gasteiger partial charge is 0.407 e. The summed E-state index contributed by atoms with van der Waals surface area (Å²) in [7, 11) is 1.70. The fourth-order valence-corrected chi connectivity index (χ4v) is 6.91. The molecule has 2 fully saturated rings. The van der Waals surface area contributed by atoms with E-state index in [9.17, 15) is 19.5 Å². The van der Waals surface area contributed by atoms with E-state index in [1.54, 1.807) is 7.11 Å². The van der Waals surface area contributed by atoms with Crippen LogP contribution in [-0.2, 0) is 32.2 Å². The van der Waals surface area contributed by atoms with Crippen LogP contribution in [0.4, 0.5) is 4.79 Å². The van der Waals surface area contributed by atoms with Gasteiger partial charge in [-0.25, -0.2) is 9.59 Å². The second-order valence-corrected chi connectivity index (χ2v) is 15.0. The van der Waals surface area contributed by atoms with Crippen LogP contribution in [0.25, 0.3) is 0 Å². The van der Waals surface area contributed by atoms with E-state index in [0.717, 1.165) is 43.8 Å². The monoisotopic (exact) mass is 653 g/mol. The van der Waals surface area contributed by atoms with Crippen molar-refractivity contribution in [3.05, 3.63) is 23.0 Å². The van der Waals surface area contributed by atoms with Crippen LogP contribution in [-0.4, -0.2) is 104 Å². The minimum atomic E-state index is -1.13. The van der Waals surface area contributed by atoms with Crippen molar-refractivity contribution in [1.29, 1.82) is 0 Å². The Hall–Kier alpha value is -2.32. The van der Waals surface area contributed by atoms with Gasteiger partial charge in [-0.2, -0.15) is 0 Å². The minimum Gasteiger partial charge on any atom is -0.501 e. The van der Waals surface area contributed by atoms with Crippen LogP contribution in [0.1, 0.15) is 73.6 Å². The molecule has 4 rings (SSSR count). The summed E-state index contributed by atoms with van der Waals surface area (Å²) in [5.74, 6) is -0.607. The lowest BCUT2D eigenvalue weighted by Gasteiger charge is -2.34. The van der Waals surface area contributed by atoms with Gasteiger partial charge in [-0.3, -0.25) is 18.1 Å². The molecule has 2 N–H and O–H groups in total. The molecular formula is C32H51N3O9S. The van der Waals surface area contributed by atoms with Crippen LogP contribution in [0, 0.1) is 16.7 Å². The normalized spacial score (nSPS) is 32.7. The number of hydrogen-bond donors (Lipinski definition) is 2. The Morgan fingerprint density at radius 3 is 2.62 bits per heavy atom. The fraction of sp³-hybridized carbons (Fsp3) is 0.781. The summed E-state index contributed by atoms with van der Waals surface area (Å²) in [6.07, 6.45) is 4.59. The molecule has 12 nitrogen and oxygen atoms in total. The van der Waals surface area contributed by atoms with Crippen LogP contribution in [0.3, 0.4) is 0 Å². The first-order valence-corrected chi connectivity index (χ1v) is 16.6. The number of cyclic esters (lactones) is 1. The minimum absolute atomic E-state index is 0.0591. The number of methoxy groups -OCH3 is 1. The number of carboxylic acids is 1. The van der Waals surface area contributed by atoms with E-state index in [2.05, 4.69) is 37.1 Å². The first-order chi connectivity index (χ1) is 21.2. The number of ether oxygens (including phenoxy) is 3. The summed E-state index contributed by atoms with van der Waals surface area (Å²) >= 11 is 0.809. The number of amides is 2. The SMILES string of the molecule is COC1=CC2=C3CN(COSOC4CC(C(=O)O)N(C4)C(=O)C(C(C)(C)C)NC(=O)OCC(C)(C)CCCCCOC3C1C)C2. The number of carbonyl (C=O) groups is 3. The van der Waals surface area contributed by atoms with Crippen molar-refractivity contribution in [3.8, 4) is 0 Å². The standard InChI is InChI=1S/C32H51N3O9S/c1-20-25(40-7)13-21-15-34-17-23(21)26(20)41-12-10-8-9-11-32(5,6)18-42-30(39)33-27(31(2,3)4)28(36)35-16-22(44-45-43-19-34)14-24(35)29(37)38/h13,20,22,24,26-27H,8-12,14-19H2,1-7H3,(H,33,39)(H,37,38). The van der Waals surface area contributed by atoms with Crippen molar-refractivity contribution in [1.82, 2.24) is 15.1 Å². The maximum atomic E-state index is 13.8. The van der Waals surface area contributed by atoms with Gasteiger partial charge in [0.15, 0.2) is 12.3 Å². The van der Waals surface area contributed by atoms with E-state index in [0.29, 0.717) is 26.4 Å². The molecule has 3 heterocycles. The predicted octanol–water partition coefficient (Wildman–Crippen LogP) is 4.51. The first-order valence-electron chi connectivity index (χ1n) is 15.9. The largest absolute Gasteiger partial charge is 0.501 e. The first kappa shape index (κ1) is 35.5. The Balaban J connectivity index is 1.48. The Morgan fingerprint density at radius 1 is 1.18 bits per heavy atom. The van der Waals surface area contributed by atoms with Gasteiger partial charge in [0, 0.05) is 38.6 Å². The van der Waals surface area contributed by atoms with E-state index in [1.807, 2.05) is 20.8 Å². The molecule has 0 aromatic rings. The van der Waals surface area contributed by atoms with Gasteiger partial charge >= 0.3 is 12.1 Å². The molecule has 2 saturated heterocycles. The molecule has 0 aromatic carbocycles. The van der Waals surface area contributed by atoms with E-state index < -0.39 is 41.6 Å². The van der Waals surface area contributed by atoms with Crippen LogP contribution >= 0.6 is 12.3 Å². The lowest BCUT2D eigenvalue weighted by Crippen LogP contribution is -2.57. The lowest BCUT2D eigenvalue weighted by molar-refractivity contribution is -0.150. The van der Waals surface area contributed by atoms with Crippen molar-refractivity contribution in [2.45, 2.75) is 97.9 Å². The lowest BCUT2D eigenvalue weighted by atomic mass is 9.85. The van der Waals surface area contributed by atoms with Crippen molar-refractivity contribution in [2.24, 2.45) is 16.7 Å². The van der Waals surface area contributed by atoms with Crippen LogP contribution in [0.15, 0.2) is 23.0 Å². The molecule has 0 saturated carbocycles. The third-order valence-electron chi connectivity index (χ3n) is 9.05. The maximum absolute atomic E-state index is 13.8. The zero-order chi connectivity index (χ0) is 32.9. The Kier molecular flexibility index (Phi) is 11.9. The van der Waals surface area contributed by atoms with Crippen molar-refractivity contribution in [3.63, 3.8) is 0 Å². The molecule has 6 unspecified atom stereocenters. The average Bonchev–Trinajstić information content (AvgIpc) is 3.58. The number of fused-ring (bicyclic) bond motifs is 3. The maximum Gasteiger partial charge on any atom is 0.407 e. The van der Waals surface area contributed by atoms with Gasteiger partial charge in [-0.05, 0) is 40.9 Å². The molecule has 4 aliphatic rings. The number of nitrogens with one attached hydrogen (secondary N) is 1. The van der Waals surface area contributed by atoms with Crippen molar-refractivity contribution >= 4 is 30.3 Å². The summed E-state index contributed by atoms with van der Waals surface area (Å²) in [5, 5.41) is 12.7. The molecule has 0 aromatic heterocycles. The van der Waals surface area contributed by atoms with Crippen LogP contribution in [0.2, 0.25) is 0 Å². The molecule has 4 bridgehead atoms. The van der Waals surface area contributed by atoms with Gasteiger partial charge in [0.05, 0.1) is 25.9 Å². The highest BCUT2D eigenvalue weighted by Gasteiger charge is 2.46. The third-order valence-corrected chi connectivity index (χ3v) is 9.61. The van der Waals surface area contributed by atoms with Gasteiger partial charge in [-0.15, -0.1) is 0 Å². The number of carboxylic acid groups (broad SMARTS) is 1. The Labute approximate surface area is 271 Å². The zero-order valence-corrected chi connectivity index (χ0v) is 28.6. The molecule has 3 aliphatic heterocycles. The van der Waals surface area contributed by atoms with Gasteiger partial charge in [0.2, 0.25) is 5.91 Å². The van der Waals surface area contributed by atoms with Gasteiger partial charge in [0.25, 0.3) is 0 Å². The molecule has 0 spiro atoms. The summed E-state index contributed by atoms with van der Waals surface area (Å²) in [6.45, 7) is 14.3. The van der Waals surface area contributed by atoms with Crippen LogP contribution in [0.5, 0.6) is 0 Å². The Morgan fingerprint density at radius 2 is 1.93 bits per heavy atom. The molecular weight excluding hydrogens is 602 g/mol. The van der Waals surface area contributed by atoms with E-state index in [-0.39, 0.29) is 37.0 Å². The number of aliphatic carboxylic acids is 1. The highest BCUT2D eigenvalue weighted by molar-refractivity contribution is 7.89. The quantitative estimate of drug-likeness (QED) is 0.408. The zero-order valence-electron chi connectivity index (χ0n) is 27.8. The summed E-state index contributed by atoms with van der Waals surface area (Å²) in [6, 6.07) is -2.08. The second-order valence-electron chi connectivity index (χ2n) is 14.5. The van der Waals surface area contributed by atoms with Gasteiger partial charge in [-0.1, -0.05) is 54.4 Å². The third kappa shape index (κ3) is 9.15. The van der Waals surface area contributed by atoms with E-state index in [1.165, 1.54) is 16.0 Å². The predicted molar refractivity (Wildman–Crippen MR) is 169 cm³/mol. The molecule has 2 amide bonds. The highest BCUT2D eigenvalue weighted by Crippen LogP contribution is 2.37. The Bertz CT molecular complexity index is 1150. The number of nitrogens with zero attached hydrogens (tertiary/aromatic N) is 2. The summed E-state index contributed by atoms with van der Waals surface area (Å²) in [4.78, 5) is 42.3. The van der Waals surface area contributed by atoms with Gasteiger partial charge < -0.3 is 29.5 Å². The number of alkyl carbamates (subject to hydrolysis) is 1. The van der Waals surface area contributed by atoms with Crippen LogP contribution < -0.4 is 5.32 Å². The number of carbonyl (C=O) groups excluding carboxylic acids is 2. The fourth-order valence-electron chi connectivity index (χ4n) is 6.41. The molecule has 0 radical (unpaired) electrons. The van der Waals surface area contributed by atoms with Gasteiger partial charge in [0.1, 0.15) is 24.6 Å².